The van der Waals surface area contributed by atoms with E-state index in [9.17, 15) is 4.79 Å². The first-order valence-corrected chi connectivity index (χ1v) is 10.2. The van der Waals surface area contributed by atoms with E-state index in [1.165, 1.54) is 0 Å². The number of amides is 2. The first-order chi connectivity index (χ1) is 14.2. The number of furan rings is 1. The number of hydrogen-bond donors (Lipinski definition) is 1. The number of carbonyl (C=O) groups is 1. The van der Waals surface area contributed by atoms with Gasteiger partial charge in [0.05, 0.1) is 26.5 Å². The van der Waals surface area contributed by atoms with Gasteiger partial charge in [0.25, 0.3) is 0 Å². The molecule has 0 aliphatic carbocycles. The van der Waals surface area contributed by atoms with Crippen molar-refractivity contribution in [2.24, 2.45) is 0 Å². The number of nitrogens with zero attached hydrogens (tertiary/aromatic N) is 1. The van der Waals surface area contributed by atoms with Gasteiger partial charge in [0.15, 0.2) is 0 Å². The van der Waals surface area contributed by atoms with Crippen molar-refractivity contribution < 1.29 is 13.9 Å². The van der Waals surface area contributed by atoms with Crippen molar-refractivity contribution in [1.82, 2.24) is 10.2 Å². The Morgan fingerprint density at radius 1 is 1.07 bits per heavy atom. The van der Waals surface area contributed by atoms with Crippen LogP contribution in [0.3, 0.4) is 0 Å². The highest BCUT2D eigenvalue weighted by molar-refractivity contribution is 7.09. The third-order valence-corrected chi connectivity index (χ3v) is 5.56. The van der Waals surface area contributed by atoms with Crippen LogP contribution in [-0.4, -0.2) is 18.0 Å². The van der Waals surface area contributed by atoms with Gasteiger partial charge in [0.1, 0.15) is 11.5 Å². The summed E-state index contributed by atoms with van der Waals surface area (Å²) >= 11 is 1.64. The molecule has 2 aromatic heterocycles. The highest BCUT2D eigenvalue weighted by atomic mass is 32.1. The van der Waals surface area contributed by atoms with Crippen LogP contribution in [0, 0.1) is 0 Å². The van der Waals surface area contributed by atoms with E-state index in [4.69, 9.17) is 9.15 Å². The summed E-state index contributed by atoms with van der Waals surface area (Å²) in [5, 5.41) is 7.28. The van der Waals surface area contributed by atoms with Gasteiger partial charge in [-0.1, -0.05) is 24.3 Å². The largest absolute Gasteiger partial charge is 0.497 e. The van der Waals surface area contributed by atoms with Crippen LogP contribution < -0.4 is 10.1 Å². The lowest BCUT2D eigenvalue weighted by molar-refractivity contribution is 0.187. The van der Waals surface area contributed by atoms with Crippen LogP contribution in [0.5, 0.6) is 5.75 Å². The van der Waals surface area contributed by atoms with E-state index in [1.54, 1.807) is 29.6 Å². The molecule has 29 heavy (non-hydrogen) atoms. The van der Waals surface area contributed by atoms with Gasteiger partial charge in [-0.25, -0.2) is 4.79 Å². The van der Waals surface area contributed by atoms with E-state index in [0.29, 0.717) is 19.6 Å². The maximum absolute atomic E-state index is 12.9. The van der Waals surface area contributed by atoms with Crippen molar-refractivity contribution in [3.05, 3.63) is 88.5 Å². The highest BCUT2D eigenvalue weighted by Crippen LogP contribution is 2.22. The lowest BCUT2D eigenvalue weighted by Gasteiger charge is -2.21. The van der Waals surface area contributed by atoms with Crippen molar-refractivity contribution in [3.8, 4) is 5.75 Å². The molecule has 0 saturated heterocycles. The van der Waals surface area contributed by atoms with Crippen molar-refractivity contribution in [2.75, 3.05) is 7.11 Å². The first kappa shape index (κ1) is 19.1. The van der Waals surface area contributed by atoms with Crippen molar-refractivity contribution >= 4 is 28.1 Å². The number of carbonyl (C=O) groups excluding carboxylic acids is 1. The molecule has 2 heterocycles. The number of nitrogens with one attached hydrogen (secondary N) is 1. The van der Waals surface area contributed by atoms with E-state index in [2.05, 4.69) is 11.4 Å². The predicted octanol–water partition coefficient (Wildman–Crippen LogP) is 5.41. The fourth-order valence-corrected chi connectivity index (χ4v) is 3.90. The molecule has 1 N–H and O–H groups in total. The van der Waals surface area contributed by atoms with Crippen molar-refractivity contribution in [1.29, 1.82) is 0 Å². The Kier molecular flexibility index (Phi) is 5.81. The van der Waals surface area contributed by atoms with Gasteiger partial charge in [0.2, 0.25) is 0 Å². The van der Waals surface area contributed by atoms with Crippen molar-refractivity contribution in [2.45, 2.75) is 19.6 Å². The Bertz CT molecular complexity index is 1040. The molecule has 4 aromatic rings. The number of ether oxygens (including phenoxy) is 1. The second kappa shape index (κ2) is 8.84. The van der Waals surface area contributed by atoms with E-state index < -0.39 is 0 Å². The second-order valence-electron chi connectivity index (χ2n) is 6.72. The molecular formula is C23H22N2O3S. The summed E-state index contributed by atoms with van der Waals surface area (Å²) in [7, 11) is 1.66. The Morgan fingerprint density at radius 2 is 1.93 bits per heavy atom. The molecule has 5 nitrogen and oxygen atoms in total. The molecule has 2 amide bonds. The molecular weight excluding hydrogens is 384 g/mol. The lowest BCUT2D eigenvalue weighted by atomic mass is 10.1. The lowest BCUT2D eigenvalue weighted by Crippen LogP contribution is -2.38. The summed E-state index contributed by atoms with van der Waals surface area (Å²) in [6.45, 7) is 1.43. The standard InChI is InChI=1S/C23H22N2O3S/c1-27-20-9-8-18-12-17(6-7-19(18)13-20)14-24-23(26)25(15-21-4-2-10-28-21)16-22-5-3-11-29-22/h2-13H,14-16H2,1H3,(H,24,26). The number of benzene rings is 2. The summed E-state index contributed by atoms with van der Waals surface area (Å²) in [5.74, 6) is 1.59. The summed E-state index contributed by atoms with van der Waals surface area (Å²) in [4.78, 5) is 15.8. The van der Waals surface area contributed by atoms with Crippen LogP contribution in [0.2, 0.25) is 0 Å². The van der Waals surface area contributed by atoms with Gasteiger partial charge in [-0.2, -0.15) is 0 Å². The minimum absolute atomic E-state index is 0.121. The number of fused-ring (bicyclic) bond motifs is 1. The number of thiophene rings is 1. The Labute approximate surface area is 173 Å². The van der Waals surface area contributed by atoms with E-state index in [1.807, 2.05) is 60.0 Å². The van der Waals surface area contributed by atoms with Gasteiger partial charge in [-0.05, 0) is 58.1 Å². The average molecular weight is 407 g/mol. The van der Waals surface area contributed by atoms with Crippen LogP contribution in [-0.2, 0) is 19.6 Å². The van der Waals surface area contributed by atoms with Crippen LogP contribution in [0.1, 0.15) is 16.2 Å². The summed E-state index contributed by atoms with van der Waals surface area (Å²) in [6, 6.07) is 19.8. The van der Waals surface area contributed by atoms with Gasteiger partial charge < -0.3 is 19.4 Å². The van der Waals surface area contributed by atoms with Crippen LogP contribution >= 0.6 is 11.3 Å². The smallest absolute Gasteiger partial charge is 0.318 e. The van der Waals surface area contributed by atoms with E-state index in [-0.39, 0.29) is 6.03 Å². The minimum Gasteiger partial charge on any atom is -0.497 e. The van der Waals surface area contributed by atoms with Gasteiger partial charge in [-0.15, -0.1) is 11.3 Å². The molecule has 0 saturated carbocycles. The second-order valence-corrected chi connectivity index (χ2v) is 7.75. The monoisotopic (exact) mass is 406 g/mol. The molecule has 0 atom stereocenters. The molecule has 0 radical (unpaired) electrons. The Hall–Kier alpha value is -3.25. The van der Waals surface area contributed by atoms with Gasteiger partial charge in [-0.3, -0.25) is 0 Å². The molecule has 148 valence electrons. The summed E-state index contributed by atoms with van der Waals surface area (Å²) in [6.07, 6.45) is 1.63. The topological polar surface area (TPSA) is 54.7 Å². The fraction of sp³-hybridized carbons (Fsp3) is 0.174. The third-order valence-electron chi connectivity index (χ3n) is 4.70. The molecule has 2 aromatic carbocycles. The van der Waals surface area contributed by atoms with Crippen molar-refractivity contribution in [3.63, 3.8) is 0 Å². The van der Waals surface area contributed by atoms with Gasteiger partial charge in [0, 0.05) is 11.4 Å². The van der Waals surface area contributed by atoms with Crippen LogP contribution in [0.15, 0.2) is 76.7 Å². The molecule has 0 bridgehead atoms. The van der Waals surface area contributed by atoms with Crippen LogP contribution in [0.25, 0.3) is 10.8 Å². The zero-order chi connectivity index (χ0) is 20.1. The van der Waals surface area contributed by atoms with E-state index >= 15 is 0 Å². The third kappa shape index (κ3) is 4.78. The minimum atomic E-state index is -0.121. The highest BCUT2D eigenvalue weighted by Gasteiger charge is 2.16. The molecule has 0 aliphatic heterocycles. The maximum Gasteiger partial charge on any atom is 0.318 e. The number of methoxy groups -OCH3 is 1. The van der Waals surface area contributed by atoms with E-state index in [0.717, 1.165) is 32.7 Å². The maximum atomic E-state index is 12.9. The number of urea groups is 1. The normalized spacial score (nSPS) is 10.8. The summed E-state index contributed by atoms with van der Waals surface area (Å²) < 4.78 is 10.7. The Balaban J connectivity index is 1.44. The zero-order valence-electron chi connectivity index (χ0n) is 16.1. The molecule has 4 rings (SSSR count). The quantitative estimate of drug-likeness (QED) is 0.446. The van der Waals surface area contributed by atoms with Crippen LogP contribution in [0.4, 0.5) is 4.79 Å². The summed E-state index contributed by atoms with van der Waals surface area (Å²) in [5.41, 5.74) is 1.05. The molecule has 0 unspecified atom stereocenters. The SMILES string of the molecule is COc1ccc2cc(CNC(=O)N(Cc3ccco3)Cc3cccs3)ccc2c1. The predicted molar refractivity (Wildman–Crippen MR) is 115 cm³/mol. The Morgan fingerprint density at radius 3 is 2.69 bits per heavy atom. The van der Waals surface area contributed by atoms with Gasteiger partial charge >= 0.3 is 6.03 Å². The molecule has 0 fully saturated rings. The number of rotatable bonds is 7. The molecule has 0 aliphatic rings. The first-order valence-electron chi connectivity index (χ1n) is 9.35. The molecule has 6 heteroatoms. The fourth-order valence-electron chi connectivity index (χ4n) is 3.18. The number of hydrogen-bond acceptors (Lipinski definition) is 4. The average Bonchev–Trinajstić information content (AvgIpc) is 3.45. The molecule has 0 spiro atoms. The zero-order valence-corrected chi connectivity index (χ0v) is 16.9.